The number of carbonyl (C=O) groups excluding carboxylic acids is 1. The molecule has 15 heavy (non-hydrogen) atoms. The average Bonchev–Trinajstić information content (AvgIpc) is 2.15. The number of nitrogens with two attached hydrogens (primary N) is 1. The Morgan fingerprint density at radius 2 is 2.00 bits per heavy atom. The zero-order chi connectivity index (χ0) is 11.0. The van der Waals surface area contributed by atoms with Crippen LogP contribution in [-0.2, 0) is 9.53 Å². The molecule has 0 aliphatic heterocycles. The van der Waals surface area contributed by atoms with Gasteiger partial charge in [-0.2, -0.15) is 0 Å². The van der Waals surface area contributed by atoms with Gasteiger partial charge in [0.2, 0.25) is 5.91 Å². The van der Waals surface area contributed by atoms with Crippen LogP contribution in [-0.4, -0.2) is 31.7 Å². The van der Waals surface area contributed by atoms with Crippen molar-refractivity contribution in [1.82, 2.24) is 5.32 Å². The molecule has 92 valence electrons. The van der Waals surface area contributed by atoms with Gasteiger partial charge in [0.1, 0.15) is 0 Å². The standard InChI is InChI=1S/C10H22N2O2.ClH/c1-8(2)14-6-4-5-12-10(13)9(3)7-11;/h8-9H,4-7,11H2,1-3H3,(H,12,13);1H. The van der Waals surface area contributed by atoms with E-state index in [1.165, 1.54) is 0 Å². The summed E-state index contributed by atoms with van der Waals surface area (Å²) in [4.78, 5) is 11.2. The second-order valence-electron chi connectivity index (χ2n) is 3.70. The molecule has 0 radical (unpaired) electrons. The van der Waals surface area contributed by atoms with Crippen molar-refractivity contribution in [2.24, 2.45) is 11.7 Å². The van der Waals surface area contributed by atoms with Crippen molar-refractivity contribution in [2.75, 3.05) is 19.7 Å². The summed E-state index contributed by atoms with van der Waals surface area (Å²) in [6.45, 7) is 7.56. The zero-order valence-corrected chi connectivity index (χ0v) is 10.6. The van der Waals surface area contributed by atoms with E-state index in [2.05, 4.69) is 5.32 Å². The third-order valence-electron chi connectivity index (χ3n) is 1.87. The highest BCUT2D eigenvalue weighted by Crippen LogP contribution is 1.92. The Labute approximate surface area is 98.3 Å². The van der Waals surface area contributed by atoms with Gasteiger partial charge in [0.15, 0.2) is 0 Å². The summed E-state index contributed by atoms with van der Waals surface area (Å²) in [5.74, 6) is -0.0712. The molecule has 1 amide bonds. The first-order valence-electron chi connectivity index (χ1n) is 5.17. The van der Waals surface area contributed by atoms with E-state index in [9.17, 15) is 4.79 Å². The molecular formula is C10H23ClN2O2. The first-order valence-corrected chi connectivity index (χ1v) is 5.17. The average molecular weight is 239 g/mol. The van der Waals surface area contributed by atoms with Gasteiger partial charge >= 0.3 is 0 Å². The van der Waals surface area contributed by atoms with Crippen LogP contribution in [0.5, 0.6) is 0 Å². The van der Waals surface area contributed by atoms with Crippen molar-refractivity contribution in [3.05, 3.63) is 0 Å². The van der Waals surface area contributed by atoms with Gasteiger partial charge in [-0.25, -0.2) is 0 Å². The second-order valence-corrected chi connectivity index (χ2v) is 3.70. The predicted molar refractivity (Wildman–Crippen MR) is 64.2 cm³/mol. The van der Waals surface area contributed by atoms with Crippen LogP contribution in [0.2, 0.25) is 0 Å². The Bertz CT molecular complexity index is 166. The number of nitrogens with one attached hydrogen (secondary N) is 1. The van der Waals surface area contributed by atoms with Crippen LogP contribution < -0.4 is 11.1 Å². The lowest BCUT2D eigenvalue weighted by Gasteiger charge is -2.10. The van der Waals surface area contributed by atoms with E-state index in [0.29, 0.717) is 19.7 Å². The summed E-state index contributed by atoms with van der Waals surface area (Å²) in [6.07, 6.45) is 1.11. The number of hydrogen-bond donors (Lipinski definition) is 2. The SMILES string of the molecule is CC(C)OCCCNC(=O)C(C)CN.Cl. The maximum Gasteiger partial charge on any atom is 0.224 e. The van der Waals surface area contributed by atoms with Crippen molar-refractivity contribution in [3.63, 3.8) is 0 Å². The van der Waals surface area contributed by atoms with Gasteiger partial charge < -0.3 is 15.8 Å². The molecule has 4 nitrogen and oxygen atoms in total. The molecular weight excluding hydrogens is 216 g/mol. The molecule has 0 heterocycles. The number of hydrogen-bond acceptors (Lipinski definition) is 3. The normalized spacial score (nSPS) is 12.1. The number of ether oxygens (including phenoxy) is 1. The van der Waals surface area contributed by atoms with Gasteiger partial charge in [0.05, 0.1) is 6.10 Å². The summed E-state index contributed by atoms with van der Waals surface area (Å²) in [7, 11) is 0. The van der Waals surface area contributed by atoms with Gasteiger partial charge in [-0.05, 0) is 20.3 Å². The smallest absolute Gasteiger partial charge is 0.224 e. The predicted octanol–water partition coefficient (Wildman–Crippen LogP) is 0.934. The summed E-state index contributed by atoms with van der Waals surface area (Å²) < 4.78 is 5.33. The van der Waals surface area contributed by atoms with E-state index in [1.807, 2.05) is 20.8 Å². The second kappa shape index (κ2) is 10.2. The summed E-state index contributed by atoms with van der Waals surface area (Å²) in [5.41, 5.74) is 5.36. The van der Waals surface area contributed by atoms with Crippen LogP contribution in [0.1, 0.15) is 27.2 Å². The Morgan fingerprint density at radius 3 is 2.47 bits per heavy atom. The minimum atomic E-state index is -0.0963. The van der Waals surface area contributed by atoms with E-state index >= 15 is 0 Å². The van der Waals surface area contributed by atoms with Crippen LogP contribution in [0.3, 0.4) is 0 Å². The minimum absolute atomic E-state index is 0. The fourth-order valence-electron chi connectivity index (χ4n) is 0.884. The topological polar surface area (TPSA) is 64.3 Å². The maximum atomic E-state index is 11.2. The third-order valence-corrected chi connectivity index (χ3v) is 1.87. The molecule has 0 spiro atoms. The van der Waals surface area contributed by atoms with E-state index in [1.54, 1.807) is 0 Å². The lowest BCUT2D eigenvalue weighted by Crippen LogP contribution is -2.34. The highest BCUT2D eigenvalue weighted by Gasteiger charge is 2.08. The zero-order valence-electron chi connectivity index (χ0n) is 9.79. The maximum absolute atomic E-state index is 11.2. The molecule has 5 heteroatoms. The first kappa shape index (κ1) is 17.1. The molecule has 0 fully saturated rings. The molecule has 0 aromatic carbocycles. The van der Waals surface area contributed by atoms with Crippen LogP contribution in [0, 0.1) is 5.92 Å². The van der Waals surface area contributed by atoms with Crippen molar-refractivity contribution in [2.45, 2.75) is 33.3 Å². The van der Waals surface area contributed by atoms with Crippen LogP contribution in [0.15, 0.2) is 0 Å². The molecule has 0 bridgehead atoms. The molecule has 0 aliphatic carbocycles. The lowest BCUT2D eigenvalue weighted by molar-refractivity contribution is -0.124. The van der Waals surface area contributed by atoms with Crippen LogP contribution in [0.4, 0.5) is 0 Å². The molecule has 0 aliphatic rings. The number of rotatable bonds is 7. The van der Waals surface area contributed by atoms with Crippen molar-refractivity contribution < 1.29 is 9.53 Å². The fraction of sp³-hybridized carbons (Fsp3) is 0.900. The van der Waals surface area contributed by atoms with Crippen LogP contribution >= 0.6 is 12.4 Å². The summed E-state index contributed by atoms with van der Waals surface area (Å²) >= 11 is 0. The molecule has 0 saturated heterocycles. The Morgan fingerprint density at radius 1 is 1.40 bits per heavy atom. The lowest BCUT2D eigenvalue weighted by atomic mass is 10.2. The van der Waals surface area contributed by atoms with Gasteiger partial charge in [-0.3, -0.25) is 4.79 Å². The van der Waals surface area contributed by atoms with Gasteiger partial charge in [0.25, 0.3) is 0 Å². The van der Waals surface area contributed by atoms with E-state index < -0.39 is 0 Å². The van der Waals surface area contributed by atoms with Crippen LogP contribution in [0.25, 0.3) is 0 Å². The van der Waals surface area contributed by atoms with Gasteiger partial charge in [-0.1, -0.05) is 6.92 Å². The quantitative estimate of drug-likeness (QED) is 0.649. The fourth-order valence-corrected chi connectivity index (χ4v) is 0.884. The molecule has 0 aromatic rings. The van der Waals surface area contributed by atoms with Crippen molar-refractivity contribution in [1.29, 1.82) is 0 Å². The third kappa shape index (κ3) is 9.97. The first-order chi connectivity index (χ1) is 6.57. The van der Waals surface area contributed by atoms with Crippen molar-refractivity contribution in [3.8, 4) is 0 Å². The van der Waals surface area contributed by atoms with Gasteiger partial charge in [-0.15, -0.1) is 12.4 Å². The molecule has 3 N–H and O–H groups in total. The molecule has 1 atom stereocenters. The van der Waals surface area contributed by atoms with E-state index in [4.69, 9.17) is 10.5 Å². The molecule has 1 unspecified atom stereocenters. The Balaban J connectivity index is 0. The Kier molecular flexibility index (Phi) is 11.6. The molecule has 0 rings (SSSR count). The highest BCUT2D eigenvalue weighted by atomic mass is 35.5. The summed E-state index contributed by atoms with van der Waals surface area (Å²) in [6, 6.07) is 0. The minimum Gasteiger partial charge on any atom is -0.379 e. The number of amides is 1. The number of halogens is 1. The van der Waals surface area contributed by atoms with Crippen molar-refractivity contribution >= 4 is 18.3 Å². The largest absolute Gasteiger partial charge is 0.379 e. The van der Waals surface area contributed by atoms with Gasteiger partial charge in [0, 0.05) is 25.6 Å². The highest BCUT2D eigenvalue weighted by molar-refractivity contribution is 5.85. The summed E-state index contributed by atoms with van der Waals surface area (Å²) in [5, 5.41) is 2.81. The Hall–Kier alpha value is -0.320. The van der Waals surface area contributed by atoms with E-state index in [0.717, 1.165) is 6.42 Å². The number of carbonyl (C=O) groups is 1. The molecule has 0 aromatic heterocycles. The molecule has 0 saturated carbocycles. The monoisotopic (exact) mass is 238 g/mol. The van der Waals surface area contributed by atoms with E-state index in [-0.39, 0.29) is 30.3 Å².